The fourth-order valence-corrected chi connectivity index (χ4v) is 3.50. The van der Waals surface area contributed by atoms with Crippen molar-refractivity contribution >= 4 is 29.6 Å². The molecule has 1 aromatic carbocycles. The van der Waals surface area contributed by atoms with Crippen LogP contribution in [0.3, 0.4) is 0 Å². The van der Waals surface area contributed by atoms with E-state index in [1.54, 1.807) is 0 Å². The van der Waals surface area contributed by atoms with Crippen molar-refractivity contribution in [3.05, 3.63) is 59.6 Å². The zero-order valence-electron chi connectivity index (χ0n) is 17.5. The second kappa shape index (κ2) is 8.85. The van der Waals surface area contributed by atoms with E-state index in [1.807, 2.05) is 63.4 Å². The number of cyclic esters (lactones) is 1. The number of ether oxygens (including phenoxy) is 1. The van der Waals surface area contributed by atoms with Gasteiger partial charge in [-0.3, -0.25) is 4.98 Å². The quantitative estimate of drug-likeness (QED) is 0.593. The Morgan fingerprint density at radius 2 is 1.81 bits per heavy atom. The Morgan fingerprint density at radius 1 is 1.06 bits per heavy atom. The third-order valence-electron chi connectivity index (χ3n) is 5.20. The summed E-state index contributed by atoms with van der Waals surface area (Å²) in [6.45, 7) is 6.35. The molecule has 1 aliphatic heterocycles. The van der Waals surface area contributed by atoms with E-state index in [9.17, 15) is 4.79 Å². The first kappa shape index (κ1) is 21.0. The van der Waals surface area contributed by atoms with E-state index in [4.69, 9.17) is 16.3 Å². The average molecular weight is 439 g/mol. The van der Waals surface area contributed by atoms with Crippen molar-refractivity contribution in [1.82, 2.24) is 19.9 Å². The van der Waals surface area contributed by atoms with Crippen LogP contribution in [0.25, 0.3) is 11.1 Å². The maximum absolute atomic E-state index is 12.2. The number of rotatable bonds is 6. The zero-order chi connectivity index (χ0) is 22.0. The van der Waals surface area contributed by atoms with Crippen LogP contribution in [-0.2, 0) is 4.74 Å². The fraction of sp³-hybridized carbons (Fsp3) is 0.318. The van der Waals surface area contributed by atoms with Gasteiger partial charge in [-0.05, 0) is 36.6 Å². The molecule has 4 rings (SSSR count). The number of hydrogen-bond acceptors (Lipinski definition) is 7. The van der Waals surface area contributed by atoms with Gasteiger partial charge in [-0.1, -0.05) is 43.6 Å². The standard InChI is InChI=1S/C22H23ClN6O2/c1-13(2)19-11-31-22(30)29(19)21-26-12-25-20(28-21)27-14(3)18-9-6-16(10-24-18)15-4-7-17(23)8-5-15/h4-10,12-14,19H,11H2,1-3H3,(H,25,26,27,28)/t14?,19-/m1/s1. The third kappa shape index (κ3) is 4.59. The van der Waals surface area contributed by atoms with Gasteiger partial charge in [0.05, 0.1) is 17.8 Å². The van der Waals surface area contributed by atoms with Crippen molar-refractivity contribution in [3.63, 3.8) is 0 Å². The largest absolute Gasteiger partial charge is 0.447 e. The monoisotopic (exact) mass is 438 g/mol. The van der Waals surface area contributed by atoms with Crippen LogP contribution >= 0.6 is 11.6 Å². The highest BCUT2D eigenvalue weighted by Gasteiger charge is 2.38. The van der Waals surface area contributed by atoms with Gasteiger partial charge >= 0.3 is 6.09 Å². The summed E-state index contributed by atoms with van der Waals surface area (Å²) in [4.78, 5) is 31.0. The van der Waals surface area contributed by atoms with Gasteiger partial charge in [-0.15, -0.1) is 0 Å². The molecule has 0 bridgehead atoms. The molecular formula is C22H23ClN6O2. The summed E-state index contributed by atoms with van der Waals surface area (Å²) in [5, 5.41) is 3.93. The number of pyridine rings is 1. The third-order valence-corrected chi connectivity index (χ3v) is 5.46. The lowest BCUT2D eigenvalue weighted by atomic mass is 10.1. The molecule has 0 spiro atoms. The van der Waals surface area contributed by atoms with Crippen LogP contribution in [0.2, 0.25) is 5.02 Å². The summed E-state index contributed by atoms with van der Waals surface area (Å²) in [7, 11) is 0. The second-order valence-electron chi connectivity index (χ2n) is 7.71. The Hall–Kier alpha value is -3.26. The van der Waals surface area contributed by atoms with Gasteiger partial charge in [-0.2, -0.15) is 4.98 Å². The first-order valence-corrected chi connectivity index (χ1v) is 10.4. The molecule has 160 valence electrons. The Bertz CT molecular complexity index is 1060. The predicted molar refractivity (Wildman–Crippen MR) is 119 cm³/mol. The van der Waals surface area contributed by atoms with Crippen LogP contribution < -0.4 is 10.2 Å². The van der Waals surface area contributed by atoms with Crippen LogP contribution in [0.15, 0.2) is 48.9 Å². The number of benzene rings is 1. The molecule has 0 saturated carbocycles. The van der Waals surface area contributed by atoms with Crippen molar-refractivity contribution in [1.29, 1.82) is 0 Å². The van der Waals surface area contributed by atoms with Gasteiger partial charge in [0.25, 0.3) is 0 Å². The molecule has 2 aromatic heterocycles. The lowest BCUT2D eigenvalue weighted by molar-refractivity contribution is 0.177. The molecule has 1 fully saturated rings. The molecule has 1 unspecified atom stereocenters. The normalized spacial score (nSPS) is 17.0. The lowest BCUT2D eigenvalue weighted by Gasteiger charge is -2.22. The molecule has 3 heterocycles. The summed E-state index contributed by atoms with van der Waals surface area (Å²) >= 11 is 5.96. The summed E-state index contributed by atoms with van der Waals surface area (Å²) in [5.74, 6) is 0.849. The van der Waals surface area contributed by atoms with Gasteiger partial charge in [-0.25, -0.2) is 19.7 Å². The van der Waals surface area contributed by atoms with Crippen LogP contribution in [0.1, 0.15) is 32.5 Å². The van der Waals surface area contributed by atoms with E-state index in [2.05, 4.69) is 25.3 Å². The number of carbonyl (C=O) groups is 1. The molecular weight excluding hydrogens is 416 g/mol. The van der Waals surface area contributed by atoms with Crippen LogP contribution in [0.5, 0.6) is 0 Å². The van der Waals surface area contributed by atoms with E-state index in [0.717, 1.165) is 16.8 Å². The Balaban J connectivity index is 1.49. The zero-order valence-corrected chi connectivity index (χ0v) is 18.2. The van der Waals surface area contributed by atoms with Gasteiger partial charge < -0.3 is 10.1 Å². The van der Waals surface area contributed by atoms with E-state index >= 15 is 0 Å². The molecule has 8 nitrogen and oxygen atoms in total. The number of nitrogens with one attached hydrogen (secondary N) is 1. The van der Waals surface area contributed by atoms with E-state index in [1.165, 1.54) is 11.2 Å². The molecule has 3 aromatic rings. The highest BCUT2D eigenvalue weighted by molar-refractivity contribution is 6.30. The SMILES string of the molecule is CC(Nc1ncnc(N2C(=O)OC[C@@H]2C(C)C)n1)c1ccc(-c2ccc(Cl)cc2)cn1. The molecule has 0 aliphatic carbocycles. The first-order chi connectivity index (χ1) is 14.9. The summed E-state index contributed by atoms with van der Waals surface area (Å²) in [6.07, 6.45) is 2.77. The highest BCUT2D eigenvalue weighted by atomic mass is 35.5. The van der Waals surface area contributed by atoms with Crippen LogP contribution in [-0.4, -0.2) is 38.7 Å². The first-order valence-electron chi connectivity index (χ1n) is 10.1. The number of nitrogens with zero attached hydrogens (tertiary/aromatic N) is 5. The van der Waals surface area contributed by atoms with Gasteiger partial charge in [0.15, 0.2) is 0 Å². The molecule has 1 N–H and O–H groups in total. The topological polar surface area (TPSA) is 93.1 Å². The highest BCUT2D eigenvalue weighted by Crippen LogP contribution is 2.26. The maximum atomic E-state index is 12.2. The summed E-state index contributed by atoms with van der Waals surface area (Å²) < 4.78 is 5.19. The fourth-order valence-electron chi connectivity index (χ4n) is 3.37. The van der Waals surface area contributed by atoms with Crippen LogP contribution in [0, 0.1) is 5.92 Å². The smallest absolute Gasteiger partial charge is 0.417 e. The number of hydrogen-bond donors (Lipinski definition) is 1. The molecule has 9 heteroatoms. The van der Waals surface area contributed by atoms with Crippen LogP contribution in [0.4, 0.5) is 16.7 Å². The van der Waals surface area contributed by atoms with Crippen molar-refractivity contribution in [3.8, 4) is 11.1 Å². The van der Waals surface area contributed by atoms with Gasteiger partial charge in [0.2, 0.25) is 11.9 Å². The minimum Gasteiger partial charge on any atom is -0.447 e. The number of aromatic nitrogens is 4. The van der Waals surface area contributed by atoms with E-state index in [0.29, 0.717) is 17.6 Å². The molecule has 31 heavy (non-hydrogen) atoms. The number of amides is 1. The predicted octanol–water partition coefficient (Wildman–Crippen LogP) is 4.74. The Kier molecular flexibility index (Phi) is 5.99. The van der Waals surface area contributed by atoms with Crippen molar-refractivity contribution in [2.45, 2.75) is 32.9 Å². The number of carbonyl (C=O) groups excluding carboxylic acids is 1. The maximum Gasteiger partial charge on any atom is 0.417 e. The minimum atomic E-state index is -0.441. The second-order valence-corrected chi connectivity index (χ2v) is 8.15. The number of halogens is 1. The summed E-state index contributed by atoms with van der Waals surface area (Å²) in [6, 6.07) is 11.3. The molecule has 1 saturated heterocycles. The Labute approximate surface area is 185 Å². The molecule has 2 atom stereocenters. The minimum absolute atomic E-state index is 0.109. The van der Waals surface area contributed by atoms with E-state index in [-0.39, 0.29) is 23.9 Å². The van der Waals surface area contributed by atoms with Crippen molar-refractivity contribution in [2.75, 3.05) is 16.8 Å². The molecule has 1 aliphatic rings. The number of anilines is 2. The van der Waals surface area contributed by atoms with E-state index < -0.39 is 6.09 Å². The molecule has 1 amide bonds. The van der Waals surface area contributed by atoms with Gasteiger partial charge in [0, 0.05) is 16.8 Å². The van der Waals surface area contributed by atoms with Crippen molar-refractivity contribution in [2.24, 2.45) is 5.92 Å². The molecule has 0 radical (unpaired) electrons. The van der Waals surface area contributed by atoms with Gasteiger partial charge in [0.1, 0.15) is 12.9 Å². The van der Waals surface area contributed by atoms with Crippen molar-refractivity contribution < 1.29 is 9.53 Å². The Morgan fingerprint density at radius 3 is 2.48 bits per heavy atom. The average Bonchev–Trinajstić information content (AvgIpc) is 3.16. The lowest BCUT2D eigenvalue weighted by Crippen LogP contribution is -2.38. The summed E-state index contributed by atoms with van der Waals surface area (Å²) in [5.41, 5.74) is 2.88.